The van der Waals surface area contributed by atoms with Crippen LogP contribution in [0.1, 0.15) is 40.0 Å². The Labute approximate surface area is 99.4 Å². The molecule has 1 saturated heterocycles. The maximum Gasteiger partial charge on any atom is 0.226 e. The number of rotatable bonds is 5. The summed E-state index contributed by atoms with van der Waals surface area (Å²) in [5, 5.41) is 0. The average molecular weight is 226 g/mol. The average Bonchev–Trinajstić information content (AvgIpc) is 2.73. The quantitative estimate of drug-likeness (QED) is 0.778. The molecular formula is C13H26N2O. The largest absolute Gasteiger partial charge is 0.342 e. The fourth-order valence-electron chi connectivity index (χ4n) is 2.49. The number of likely N-dealkylation sites (tertiary alicyclic amines) is 1. The highest BCUT2D eigenvalue weighted by molar-refractivity contribution is 5.79. The summed E-state index contributed by atoms with van der Waals surface area (Å²) in [4.78, 5) is 14.2. The zero-order valence-electron chi connectivity index (χ0n) is 10.9. The Hall–Kier alpha value is -0.570. The van der Waals surface area contributed by atoms with Gasteiger partial charge in [0.25, 0.3) is 0 Å². The van der Waals surface area contributed by atoms with Crippen LogP contribution < -0.4 is 5.73 Å². The fourth-order valence-corrected chi connectivity index (χ4v) is 2.49. The summed E-state index contributed by atoms with van der Waals surface area (Å²) < 4.78 is 0. The van der Waals surface area contributed by atoms with E-state index in [9.17, 15) is 4.79 Å². The van der Waals surface area contributed by atoms with E-state index in [1.807, 2.05) is 4.90 Å². The summed E-state index contributed by atoms with van der Waals surface area (Å²) in [6.45, 7) is 8.87. The van der Waals surface area contributed by atoms with Crippen molar-refractivity contribution in [3.05, 3.63) is 0 Å². The summed E-state index contributed by atoms with van der Waals surface area (Å²) in [6.07, 6.45) is 3.27. The van der Waals surface area contributed by atoms with Gasteiger partial charge in [-0.2, -0.15) is 0 Å². The lowest BCUT2D eigenvalue weighted by molar-refractivity contribution is -0.134. The van der Waals surface area contributed by atoms with Crippen LogP contribution in [0, 0.1) is 17.8 Å². The molecule has 1 aliphatic heterocycles. The lowest BCUT2D eigenvalue weighted by Crippen LogP contribution is -2.38. The van der Waals surface area contributed by atoms with Crippen LogP contribution in [0.4, 0.5) is 0 Å². The van der Waals surface area contributed by atoms with E-state index in [-0.39, 0.29) is 11.8 Å². The molecule has 0 radical (unpaired) electrons. The molecule has 1 fully saturated rings. The first-order valence-electron chi connectivity index (χ1n) is 6.57. The normalized spacial score (nSPS) is 22.8. The highest BCUT2D eigenvalue weighted by atomic mass is 16.2. The monoisotopic (exact) mass is 226 g/mol. The van der Waals surface area contributed by atoms with E-state index < -0.39 is 0 Å². The number of carbonyl (C=O) groups excluding carboxylic acids is 1. The number of amides is 1. The van der Waals surface area contributed by atoms with Gasteiger partial charge >= 0.3 is 0 Å². The molecule has 16 heavy (non-hydrogen) atoms. The number of carbonyl (C=O) groups is 1. The van der Waals surface area contributed by atoms with Gasteiger partial charge in [0.1, 0.15) is 0 Å². The highest BCUT2D eigenvalue weighted by Gasteiger charge is 2.29. The lowest BCUT2D eigenvalue weighted by atomic mass is 9.96. The molecule has 0 aliphatic carbocycles. The number of hydrogen-bond acceptors (Lipinski definition) is 2. The summed E-state index contributed by atoms with van der Waals surface area (Å²) in [5.74, 6) is 1.58. The zero-order chi connectivity index (χ0) is 12.1. The second kappa shape index (κ2) is 6.24. The van der Waals surface area contributed by atoms with Crippen molar-refractivity contribution in [3.63, 3.8) is 0 Å². The number of hydrogen-bond donors (Lipinski definition) is 1. The van der Waals surface area contributed by atoms with E-state index in [1.54, 1.807) is 0 Å². The van der Waals surface area contributed by atoms with Crippen LogP contribution in [0.25, 0.3) is 0 Å². The summed E-state index contributed by atoms with van der Waals surface area (Å²) in [6, 6.07) is 0. The Morgan fingerprint density at radius 2 is 2.19 bits per heavy atom. The minimum absolute atomic E-state index is 0.0376. The Morgan fingerprint density at radius 3 is 2.62 bits per heavy atom. The minimum Gasteiger partial charge on any atom is -0.342 e. The van der Waals surface area contributed by atoms with Crippen LogP contribution in [-0.2, 0) is 4.79 Å². The molecular weight excluding hydrogens is 200 g/mol. The van der Waals surface area contributed by atoms with Crippen LogP contribution in [0.3, 0.4) is 0 Å². The summed E-state index contributed by atoms with van der Waals surface area (Å²) >= 11 is 0. The van der Waals surface area contributed by atoms with Gasteiger partial charge in [0.2, 0.25) is 5.91 Å². The standard InChI is InChI=1S/C13H26N2O/c1-4-11-5-6-15(9-11)13(16)12(8-14)7-10(2)3/h10-12H,4-9,14H2,1-3H3. The van der Waals surface area contributed by atoms with Gasteiger partial charge in [-0.15, -0.1) is 0 Å². The van der Waals surface area contributed by atoms with E-state index >= 15 is 0 Å². The first kappa shape index (κ1) is 13.5. The second-order valence-corrected chi connectivity index (χ2v) is 5.41. The third-order valence-corrected chi connectivity index (χ3v) is 3.56. The molecule has 1 aliphatic rings. The molecule has 1 rings (SSSR count). The van der Waals surface area contributed by atoms with Gasteiger partial charge < -0.3 is 10.6 Å². The molecule has 0 aromatic heterocycles. The summed E-state index contributed by atoms with van der Waals surface area (Å²) in [5.41, 5.74) is 5.71. The van der Waals surface area contributed by atoms with Gasteiger partial charge in [0, 0.05) is 19.6 Å². The van der Waals surface area contributed by atoms with Gasteiger partial charge in [0.15, 0.2) is 0 Å². The highest BCUT2D eigenvalue weighted by Crippen LogP contribution is 2.22. The fraction of sp³-hybridized carbons (Fsp3) is 0.923. The Bertz CT molecular complexity index is 228. The van der Waals surface area contributed by atoms with Crippen molar-refractivity contribution in [1.29, 1.82) is 0 Å². The van der Waals surface area contributed by atoms with Crippen LogP contribution in [0.2, 0.25) is 0 Å². The molecule has 2 N–H and O–H groups in total. The number of nitrogens with two attached hydrogens (primary N) is 1. The molecule has 2 atom stereocenters. The molecule has 0 spiro atoms. The van der Waals surface area contributed by atoms with Gasteiger partial charge in [0.05, 0.1) is 5.92 Å². The van der Waals surface area contributed by atoms with E-state index in [0.717, 1.165) is 19.5 Å². The van der Waals surface area contributed by atoms with Gasteiger partial charge in [-0.25, -0.2) is 0 Å². The van der Waals surface area contributed by atoms with Crippen LogP contribution in [-0.4, -0.2) is 30.4 Å². The first-order valence-corrected chi connectivity index (χ1v) is 6.57. The first-order chi connectivity index (χ1) is 7.58. The topological polar surface area (TPSA) is 46.3 Å². The van der Waals surface area contributed by atoms with E-state index in [4.69, 9.17) is 5.73 Å². The number of nitrogens with zero attached hydrogens (tertiary/aromatic N) is 1. The maximum absolute atomic E-state index is 12.2. The molecule has 1 heterocycles. The predicted octanol–water partition coefficient (Wildman–Crippen LogP) is 1.87. The predicted molar refractivity (Wildman–Crippen MR) is 67.0 cm³/mol. The van der Waals surface area contributed by atoms with E-state index in [0.29, 0.717) is 18.4 Å². The molecule has 94 valence electrons. The van der Waals surface area contributed by atoms with Crippen molar-refractivity contribution in [3.8, 4) is 0 Å². The van der Waals surface area contributed by atoms with Gasteiger partial charge in [-0.1, -0.05) is 27.2 Å². The van der Waals surface area contributed by atoms with Gasteiger partial charge in [-0.05, 0) is 24.7 Å². The van der Waals surface area contributed by atoms with Crippen molar-refractivity contribution in [2.75, 3.05) is 19.6 Å². The smallest absolute Gasteiger partial charge is 0.226 e. The van der Waals surface area contributed by atoms with Crippen molar-refractivity contribution >= 4 is 5.91 Å². The van der Waals surface area contributed by atoms with Crippen molar-refractivity contribution in [2.45, 2.75) is 40.0 Å². The lowest BCUT2D eigenvalue weighted by Gasteiger charge is -2.23. The molecule has 3 heteroatoms. The second-order valence-electron chi connectivity index (χ2n) is 5.41. The summed E-state index contributed by atoms with van der Waals surface area (Å²) in [7, 11) is 0. The van der Waals surface area contributed by atoms with Crippen molar-refractivity contribution < 1.29 is 4.79 Å². The molecule has 0 bridgehead atoms. The third kappa shape index (κ3) is 3.48. The van der Waals surface area contributed by atoms with Crippen LogP contribution in [0.15, 0.2) is 0 Å². The zero-order valence-corrected chi connectivity index (χ0v) is 10.9. The molecule has 0 aromatic rings. The maximum atomic E-state index is 12.2. The molecule has 2 unspecified atom stereocenters. The van der Waals surface area contributed by atoms with Gasteiger partial charge in [-0.3, -0.25) is 4.79 Å². The van der Waals surface area contributed by atoms with Crippen molar-refractivity contribution in [2.24, 2.45) is 23.5 Å². The minimum atomic E-state index is 0.0376. The van der Waals surface area contributed by atoms with Crippen LogP contribution in [0.5, 0.6) is 0 Å². The van der Waals surface area contributed by atoms with Crippen molar-refractivity contribution in [1.82, 2.24) is 4.90 Å². The SMILES string of the molecule is CCC1CCN(C(=O)C(CN)CC(C)C)C1. The molecule has 1 amide bonds. The van der Waals surface area contributed by atoms with Crippen LogP contribution >= 0.6 is 0 Å². The molecule has 0 saturated carbocycles. The molecule has 3 nitrogen and oxygen atoms in total. The van der Waals surface area contributed by atoms with E-state index in [1.165, 1.54) is 12.8 Å². The third-order valence-electron chi connectivity index (χ3n) is 3.56. The Balaban J connectivity index is 2.49. The van der Waals surface area contributed by atoms with E-state index in [2.05, 4.69) is 20.8 Å². The molecule has 0 aromatic carbocycles. The Morgan fingerprint density at radius 1 is 1.50 bits per heavy atom. The Kier molecular flexibility index (Phi) is 5.26.